The standard InChI is InChI=1S/C19H17Cl3N4O3/c1-13(15-7-9-16(10-8-15)24-18(28)19(20,21)22)25-26-17(27)12-29-23-11-14-5-3-2-4-6-14/h2-11H,12H2,1H3,(H,24,28)(H,26,27)/b23-11-,25-13+. The lowest BCUT2D eigenvalue weighted by Gasteiger charge is -2.11. The van der Waals surface area contributed by atoms with Crippen LogP contribution < -0.4 is 10.7 Å². The van der Waals surface area contributed by atoms with Crippen molar-refractivity contribution in [2.75, 3.05) is 11.9 Å². The second kappa shape index (κ2) is 10.8. The van der Waals surface area contributed by atoms with Crippen LogP contribution in [0.25, 0.3) is 0 Å². The zero-order valence-electron chi connectivity index (χ0n) is 15.2. The first-order chi connectivity index (χ1) is 13.8. The van der Waals surface area contributed by atoms with Gasteiger partial charge in [0.25, 0.3) is 15.6 Å². The molecule has 0 saturated heterocycles. The van der Waals surface area contributed by atoms with E-state index in [1.807, 2.05) is 30.3 Å². The van der Waals surface area contributed by atoms with Crippen molar-refractivity contribution in [3.8, 4) is 0 Å². The molecule has 0 spiro atoms. The molecular weight excluding hydrogens is 439 g/mol. The van der Waals surface area contributed by atoms with Crippen molar-refractivity contribution in [3.05, 3.63) is 65.7 Å². The maximum atomic E-state index is 11.8. The van der Waals surface area contributed by atoms with E-state index in [0.29, 0.717) is 11.4 Å². The summed E-state index contributed by atoms with van der Waals surface area (Å²) in [7, 11) is 0. The van der Waals surface area contributed by atoms with Crippen LogP contribution in [0.4, 0.5) is 5.69 Å². The molecule has 0 aromatic heterocycles. The van der Waals surface area contributed by atoms with Gasteiger partial charge in [-0.25, -0.2) is 5.43 Å². The first-order valence-corrected chi connectivity index (χ1v) is 9.41. The van der Waals surface area contributed by atoms with E-state index in [1.165, 1.54) is 6.21 Å². The minimum Gasteiger partial charge on any atom is -0.386 e. The number of hydrogen-bond donors (Lipinski definition) is 2. The molecule has 0 atom stereocenters. The highest BCUT2D eigenvalue weighted by Crippen LogP contribution is 2.27. The Kier molecular flexibility index (Phi) is 8.45. The maximum Gasteiger partial charge on any atom is 0.280 e. The smallest absolute Gasteiger partial charge is 0.280 e. The molecule has 0 aliphatic rings. The van der Waals surface area contributed by atoms with Crippen LogP contribution in [0, 0.1) is 0 Å². The van der Waals surface area contributed by atoms with E-state index in [9.17, 15) is 9.59 Å². The van der Waals surface area contributed by atoms with Crippen LogP contribution in [0.15, 0.2) is 64.9 Å². The Balaban J connectivity index is 1.81. The van der Waals surface area contributed by atoms with Crippen LogP contribution in [-0.4, -0.2) is 34.1 Å². The molecule has 7 nitrogen and oxygen atoms in total. The normalized spacial score (nSPS) is 11.9. The summed E-state index contributed by atoms with van der Waals surface area (Å²) >= 11 is 16.5. The fourth-order valence-corrected chi connectivity index (χ4v) is 2.11. The summed E-state index contributed by atoms with van der Waals surface area (Å²) < 4.78 is -2.05. The van der Waals surface area contributed by atoms with E-state index in [1.54, 1.807) is 31.2 Å². The van der Waals surface area contributed by atoms with Crippen molar-refractivity contribution in [1.82, 2.24) is 5.43 Å². The second-order valence-electron chi connectivity index (χ2n) is 5.68. The predicted octanol–water partition coefficient (Wildman–Crippen LogP) is 3.89. The summed E-state index contributed by atoms with van der Waals surface area (Å²) in [4.78, 5) is 28.3. The van der Waals surface area contributed by atoms with Crippen LogP contribution >= 0.6 is 34.8 Å². The molecule has 2 aromatic carbocycles. The molecule has 0 heterocycles. The Morgan fingerprint density at radius 2 is 1.72 bits per heavy atom. The molecule has 0 radical (unpaired) electrons. The number of rotatable bonds is 7. The number of amides is 2. The van der Waals surface area contributed by atoms with Gasteiger partial charge in [0.05, 0.1) is 11.9 Å². The van der Waals surface area contributed by atoms with E-state index in [2.05, 4.69) is 21.0 Å². The van der Waals surface area contributed by atoms with Crippen molar-refractivity contribution in [2.45, 2.75) is 10.7 Å². The van der Waals surface area contributed by atoms with Crippen LogP contribution in [0.1, 0.15) is 18.1 Å². The van der Waals surface area contributed by atoms with Crippen LogP contribution in [-0.2, 0) is 14.4 Å². The molecule has 2 rings (SSSR count). The largest absolute Gasteiger partial charge is 0.386 e. The lowest BCUT2D eigenvalue weighted by Crippen LogP contribution is -2.26. The average molecular weight is 456 g/mol. The number of carbonyl (C=O) groups is 2. The molecule has 0 aliphatic carbocycles. The fourth-order valence-electron chi connectivity index (χ4n) is 1.97. The number of benzene rings is 2. The Morgan fingerprint density at radius 1 is 1.07 bits per heavy atom. The topological polar surface area (TPSA) is 92.2 Å². The van der Waals surface area contributed by atoms with E-state index in [4.69, 9.17) is 39.6 Å². The van der Waals surface area contributed by atoms with Gasteiger partial charge in [0.1, 0.15) is 0 Å². The number of halogens is 3. The molecular formula is C19H17Cl3N4O3. The number of alkyl halides is 3. The fraction of sp³-hybridized carbons (Fsp3) is 0.158. The molecule has 2 N–H and O–H groups in total. The van der Waals surface area contributed by atoms with Crippen molar-refractivity contribution in [1.29, 1.82) is 0 Å². The highest BCUT2D eigenvalue weighted by molar-refractivity contribution is 6.76. The number of nitrogens with one attached hydrogen (secondary N) is 2. The molecule has 2 amide bonds. The van der Waals surface area contributed by atoms with Crippen molar-refractivity contribution < 1.29 is 14.4 Å². The second-order valence-corrected chi connectivity index (χ2v) is 7.96. The van der Waals surface area contributed by atoms with Gasteiger partial charge < -0.3 is 10.2 Å². The monoisotopic (exact) mass is 454 g/mol. The summed E-state index contributed by atoms with van der Waals surface area (Å²) in [5, 5.41) is 10.2. The summed E-state index contributed by atoms with van der Waals surface area (Å²) in [5.41, 5.74) is 4.95. The third-order valence-corrected chi connectivity index (χ3v) is 3.95. The lowest BCUT2D eigenvalue weighted by molar-refractivity contribution is -0.125. The predicted molar refractivity (Wildman–Crippen MR) is 116 cm³/mol. The molecule has 0 fully saturated rings. The van der Waals surface area contributed by atoms with Gasteiger partial charge in [-0.2, -0.15) is 5.10 Å². The lowest BCUT2D eigenvalue weighted by atomic mass is 10.1. The van der Waals surface area contributed by atoms with Gasteiger partial charge in [-0.3, -0.25) is 9.59 Å². The van der Waals surface area contributed by atoms with Gasteiger partial charge in [0, 0.05) is 5.69 Å². The maximum absolute atomic E-state index is 11.8. The van der Waals surface area contributed by atoms with E-state index >= 15 is 0 Å². The zero-order valence-corrected chi connectivity index (χ0v) is 17.5. The number of anilines is 1. The Bertz CT molecular complexity index is 895. The van der Waals surface area contributed by atoms with Crippen LogP contribution in [0.2, 0.25) is 0 Å². The minimum atomic E-state index is -2.05. The van der Waals surface area contributed by atoms with Gasteiger partial charge in [-0.15, -0.1) is 0 Å². The first kappa shape index (κ1) is 22.7. The Morgan fingerprint density at radius 3 is 2.34 bits per heavy atom. The van der Waals surface area contributed by atoms with Crippen molar-refractivity contribution in [2.24, 2.45) is 10.3 Å². The van der Waals surface area contributed by atoms with Gasteiger partial charge in [-0.1, -0.05) is 82.4 Å². The molecule has 0 unspecified atom stereocenters. The Labute approximate surface area is 182 Å². The number of hydrazone groups is 1. The first-order valence-electron chi connectivity index (χ1n) is 8.28. The Hall–Kier alpha value is -2.61. The number of oxime groups is 1. The number of nitrogens with zero attached hydrogens (tertiary/aromatic N) is 2. The number of hydrogen-bond acceptors (Lipinski definition) is 5. The van der Waals surface area contributed by atoms with E-state index < -0.39 is 15.6 Å². The van der Waals surface area contributed by atoms with Crippen molar-refractivity contribution >= 4 is 64.2 Å². The van der Waals surface area contributed by atoms with Gasteiger partial charge in [-0.05, 0) is 30.2 Å². The summed E-state index contributed by atoms with van der Waals surface area (Å²) in [6, 6.07) is 16.0. The molecule has 10 heteroatoms. The zero-order chi connectivity index (χ0) is 21.3. The minimum absolute atomic E-state index is 0.276. The van der Waals surface area contributed by atoms with Gasteiger partial charge in [0.2, 0.25) is 0 Å². The molecule has 152 valence electrons. The average Bonchev–Trinajstić information content (AvgIpc) is 2.70. The van der Waals surface area contributed by atoms with Crippen LogP contribution in [0.3, 0.4) is 0 Å². The molecule has 2 aromatic rings. The quantitative estimate of drug-likeness (QED) is 0.377. The van der Waals surface area contributed by atoms with Gasteiger partial charge in [0.15, 0.2) is 6.61 Å². The number of carbonyl (C=O) groups excluding carboxylic acids is 2. The SMILES string of the molecule is C/C(=N\NC(=O)CO/N=C\c1ccccc1)c1ccc(NC(=O)C(Cl)(Cl)Cl)cc1. The molecule has 0 bridgehead atoms. The third kappa shape index (κ3) is 8.11. The third-order valence-electron chi connectivity index (χ3n) is 3.44. The molecule has 0 aliphatic heterocycles. The van der Waals surface area contributed by atoms with Gasteiger partial charge >= 0.3 is 0 Å². The molecule has 0 saturated carbocycles. The summed E-state index contributed by atoms with van der Waals surface area (Å²) in [6.07, 6.45) is 1.50. The van der Waals surface area contributed by atoms with Crippen molar-refractivity contribution in [3.63, 3.8) is 0 Å². The highest BCUT2D eigenvalue weighted by Gasteiger charge is 2.30. The summed E-state index contributed by atoms with van der Waals surface area (Å²) in [5.74, 6) is -1.22. The van der Waals surface area contributed by atoms with Crippen LogP contribution in [0.5, 0.6) is 0 Å². The highest BCUT2D eigenvalue weighted by atomic mass is 35.6. The molecule has 29 heavy (non-hydrogen) atoms. The van der Waals surface area contributed by atoms with E-state index in [0.717, 1.165) is 11.1 Å². The van der Waals surface area contributed by atoms with E-state index in [-0.39, 0.29) is 6.61 Å². The summed E-state index contributed by atoms with van der Waals surface area (Å²) in [6.45, 7) is 1.44.